The van der Waals surface area contributed by atoms with E-state index in [-0.39, 0.29) is 30.9 Å². The van der Waals surface area contributed by atoms with Crippen LogP contribution in [0.5, 0.6) is 0 Å². The van der Waals surface area contributed by atoms with Crippen LogP contribution in [0, 0.1) is 0 Å². The minimum absolute atomic E-state index is 0.0145. The van der Waals surface area contributed by atoms with Gasteiger partial charge in [0.25, 0.3) is 5.91 Å². The number of amides is 4. The van der Waals surface area contributed by atoms with E-state index in [1.807, 2.05) is 26.0 Å². The van der Waals surface area contributed by atoms with E-state index in [1.54, 1.807) is 6.26 Å². The van der Waals surface area contributed by atoms with Crippen LogP contribution in [0.3, 0.4) is 0 Å². The third-order valence-corrected chi connectivity index (χ3v) is 4.15. The molecule has 1 fully saturated rings. The second kappa shape index (κ2) is 7.96. The molecule has 4 amide bonds. The largest absolute Gasteiger partial charge is 0.468 e. The molecule has 1 aromatic rings. The van der Waals surface area contributed by atoms with Gasteiger partial charge >= 0.3 is 6.03 Å². The van der Waals surface area contributed by atoms with Crippen molar-refractivity contribution in [1.29, 1.82) is 0 Å². The number of imide groups is 1. The van der Waals surface area contributed by atoms with E-state index in [4.69, 9.17) is 4.42 Å². The lowest BCUT2D eigenvalue weighted by Gasteiger charge is -2.28. The number of carbonyl (C=O) groups is 3. The quantitative estimate of drug-likeness (QED) is 0.705. The van der Waals surface area contributed by atoms with Gasteiger partial charge in [-0.1, -0.05) is 13.8 Å². The second-order valence-electron chi connectivity index (χ2n) is 5.68. The Morgan fingerprint density at radius 3 is 2.58 bits per heavy atom. The molecule has 24 heavy (non-hydrogen) atoms. The lowest BCUT2D eigenvalue weighted by Crippen LogP contribution is -2.44. The number of nitrogens with one attached hydrogen (secondary N) is 1. The highest BCUT2D eigenvalue weighted by molar-refractivity contribution is 6.04. The van der Waals surface area contributed by atoms with Gasteiger partial charge in [-0.05, 0) is 25.2 Å². The summed E-state index contributed by atoms with van der Waals surface area (Å²) in [6.45, 7) is 5.81. The molecule has 2 rings (SSSR count). The molecule has 1 saturated heterocycles. The first-order valence-corrected chi connectivity index (χ1v) is 8.07. The SMILES string of the molecule is CCN(CC)C(CNC(=O)CN1C(=O)CN(C)C1=O)c1ccco1. The summed E-state index contributed by atoms with van der Waals surface area (Å²) in [5, 5.41) is 2.80. The molecule has 0 aliphatic carbocycles. The normalized spacial score (nSPS) is 16.2. The summed E-state index contributed by atoms with van der Waals surface area (Å²) in [6, 6.07) is 3.15. The summed E-state index contributed by atoms with van der Waals surface area (Å²) in [4.78, 5) is 40.1. The van der Waals surface area contributed by atoms with E-state index in [2.05, 4.69) is 10.2 Å². The molecule has 0 aromatic carbocycles. The van der Waals surface area contributed by atoms with E-state index in [9.17, 15) is 14.4 Å². The molecule has 1 N–H and O–H groups in total. The number of hydrogen-bond donors (Lipinski definition) is 1. The van der Waals surface area contributed by atoms with Gasteiger partial charge in [0, 0.05) is 13.6 Å². The Morgan fingerprint density at radius 1 is 1.38 bits per heavy atom. The topological polar surface area (TPSA) is 86.1 Å². The zero-order valence-corrected chi connectivity index (χ0v) is 14.3. The highest BCUT2D eigenvalue weighted by atomic mass is 16.3. The van der Waals surface area contributed by atoms with Gasteiger partial charge in [-0.2, -0.15) is 0 Å². The zero-order chi connectivity index (χ0) is 17.7. The van der Waals surface area contributed by atoms with Crippen LogP contribution >= 0.6 is 0 Å². The minimum Gasteiger partial charge on any atom is -0.468 e. The fourth-order valence-corrected chi connectivity index (χ4v) is 2.79. The van der Waals surface area contributed by atoms with Gasteiger partial charge in [0.2, 0.25) is 5.91 Å². The average Bonchev–Trinajstić information content (AvgIpc) is 3.16. The van der Waals surface area contributed by atoms with Gasteiger partial charge in [0.15, 0.2) is 0 Å². The van der Waals surface area contributed by atoms with Crippen molar-refractivity contribution in [3.8, 4) is 0 Å². The number of carbonyl (C=O) groups excluding carboxylic acids is 3. The maximum Gasteiger partial charge on any atom is 0.327 e. The summed E-state index contributed by atoms with van der Waals surface area (Å²) in [5.41, 5.74) is 0. The van der Waals surface area contributed by atoms with Crippen molar-refractivity contribution in [3.63, 3.8) is 0 Å². The highest BCUT2D eigenvalue weighted by Gasteiger charge is 2.34. The van der Waals surface area contributed by atoms with Crippen LogP contribution in [0.2, 0.25) is 0 Å². The molecule has 1 atom stereocenters. The van der Waals surface area contributed by atoms with Gasteiger partial charge in [0.1, 0.15) is 18.8 Å². The van der Waals surface area contributed by atoms with Crippen LogP contribution in [0.4, 0.5) is 4.79 Å². The minimum atomic E-state index is -0.443. The van der Waals surface area contributed by atoms with E-state index in [0.29, 0.717) is 6.54 Å². The van der Waals surface area contributed by atoms with Crippen LogP contribution in [-0.2, 0) is 9.59 Å². The molecule has 0 saturated carbocycles. The predicted octanol–water partition coefficient (Wildman–Crippen LogP) is 0.673. The van der Waals surface area contributed by atoms with Gasteiger partial charge in [-0.3, -0.25) is 19.4 Å². The first-order valence-electron chi connectivity index (χ1n) is 8.07. The average molecular weight is 336 g/mol. The van der Waals surface area contributed by atoms with Crippen LogP contribution in [0.15, 0.2) is 22.8 Å². The summed E-state index contributed by atoms with van der Waals surface area (Å²) in [7, 11) is 1.53. The van der Waals surface area contributed by atoms with Crippen LogP contribution in [0.1, 0.15) is 25.6 Å². The lowest BCUT2D eigenvalue weighted by atomic mass is 10.2. The summed E-state index contributed by atoms with van der Waals surface area (Å²) >= 11 is 0. The molecule has 8 nitrogen and oxygen atoms in total. The molecule has 0 spiro atoms. The Bertz CT molecular complexity index is 583. The van der Waals surface area contributed by atoms with Crippen LogP contribution in [0.25, 0.3) is 0 Å². The fraction of sp³-hybridized carbons (Fsp3) is 0.562. The molecular formula is C16H24N4O4. The molecule has 132 valence electrons. The molecule has 8 heteroatoms. The Morgan fingerprint density at radius 2 is 2.08 bits per heavy atom. The first kappa shape index (κ1) is 18.0. The van der Waals surface area contributed by atoms with E-state index >= 15 is 0 Å². The van der Waals surface area contributed by atoms with Gasteiger partial charge in [-0.25, -0.2) is 4.79 Å². The monoisotopic (exact) mass is 336 g/mol. The Labute approximate surface area is 141 Å². The number of furan rings is 1. The smallest absolute Gasteiger partial charge is 0.327 e. The van der Waals surface area contributed by atoms with Crippen molar-refractivity contribution in [2.24, 2.45) is 0 Å². The Balaban J connectivity index is 1.95. The highest BCUT2D eigenvalue weighted by Crippen LogP contribution is 2.20. The number of urea groups is 1. The number of nitrogens with zero attached hydrogens (tertiary/aromatic N) is 3. The van der Waals surface area contributed by atoms with Gasteiger partial charge < -0.3 is 14.6 Å². The molecule has 1 aliphatic heterocycles. The maximum absolute atomic E-state index is 12.1. The first-order chi connectivity index (χ1) is 11.5. The zero-order valence-electron chi connectivity index (χ0n) is 14.3. The van der Waals surface area contributed by atoms with E-state index < -0.39 is 6.03 Å². The standard InChI is InChI=1S/C16H24N4O4/c1-4-19(5-2)12(13-7-6-8-24-13)9-17-14(21)10-20-15(22)11-18(3)16(20)23/h6-8,12H,4-5,9-11H2,1-3H3,(H,17,21). The second-order valence-corrected chi connectivity index (χ2v) is 5.68. The molecular weight excluding hydrogens is 312 g/mol. The summed E-state index contributed by atoms with van der Waals surface area (Å²) in [6.07, 6.45) is 1.60. The van der Waals surface area contributed by atoms with Crippen molar-refractivity contribution in [2.45, 2.75) is 19.9 Å². The van der Waals surface area contributed by atoms with Crippen molar-refractivity contribution in [1.82, 2.24) is 20.0 Å². The summed E-state index contributed by atoms with van der Waals surface area (Å²) < 4.78 is 5.48. The third-order valence-electron chi connectivity index (χ3n) is 4.15. The Hall–Kier alpha value is -2.35. The van der Waals surface area contributed by atoms with Gasteiger partial charge in [-0.15, -0.1) is 0 Å². The van der Waals surface area contributed by atoms with Crippen molar-refractivity contribution >= 4 is 17.8 Å². The Kier molecular flexibility index (Phi) is 5.97. The van der Waals surface area contributed by atoms with E-state index in [0.717, 1.165) is 23.7 Å². The molecule has 2 heterocycles. The number of rotatable bonds is 8. The maximum atomic E-state index is 12.1. The molecule has 0 bridgehead atoms. The van der Waals surface area contributed by atoms with Gasteiger partial charge in [0.05, 0.1) is 12.3 Å². The molecule has 0 radical (unpaired) electrons. The predicted molar refractivity (Wildman–Crippen MR) is 87.1 cm³/mol. The molecule has 1 unspecified atom stereocenters. The number of likely N-dealkylation sites (N-methyl/N-ethyl adjacent to an activating group) is 2. The van der Waals surface area contributed by atoms with E-state index in [1.165, 1.54) is 11.9 Å². The molecule has 1 aromatic heterocycles. The van der Waals surface area contributed by atoms with Crippen LogP contribution in [-0.4, -0.2) is 72.3 Å². The van der Waals surface area contributed by atoms with Crippen molar-refractivity contribution in [2.75, 3.05) is 39.8 Å². The lowest BCUT2D eigenvalue weighted by molar-refractivity contribution is -0.130. The van der Waals surface area contributed by atoms with Crippen molar-refractivity contribution < 1.29 is 18.8 Å². The van der Waals surface area contributed by atoms with Crippen molar-refractivity contribution in [3.05, 3.63) is 24.2 Å². The molecule has 1 aliphatic rings. The third kappa shape index (κ3) is 3.94. The summed E-state index contributed by atoms with van der Waals surface area (Å²) in [5.74, 6) is 0.0479. The van der Waals surface area contributed by atoms with Crippen LogP contribution < -0.4 is 5.32 Å². The fourth-order valence-electron chi connectivity index (χ4n) is 2.79. The number of hydrogen-bond acceptors (Lipinski definition) is 5.